The predicted molar refractivity (Wildman–Crippen MR) is 91.3 cm³/mol. The minimum Gasteiger partial charge on any atom is -0.403 e. The van der Waals surface area contributed by atoms with Crippen molar-refractivity contribution in [2.45, 2.75) is 26.6 Å². The molecular weight excluding hydrogens is 302 g/mol. The lowest BCUT2D eigenvalue weighted by Crippen LogP contribution is -2.20. The zero-order valence-electron chi connectivity index (χ0n) is 13.5. The third-order valence-corrected chi connectivity index (χ3v) is 3.85. The first kappa shape index (κ1) is 15.6. The number of nitrogens with zero attached hydrogens (tertiary/aromatic N) is 5. The van der Waals surface area contributed by atoms with E-state index in [0.717, 1.165) is 29.1 Å². The summed E-state index contributed by atoms with van der Waals surface area (Å²) in [6.45, 7) is 4.16. The highest BCUT2D eigenvalue weighted by atomic mass is 15.2. The number of rotatable bonds is 6. The first-order valence-electron chi connectivity index (χ1n) is 7.75. The summed E-state index contributed by atoms with van der Waals surface area (Å²) in [7, 11) is 0. The van der Waals surface area contributed by atoms with Crippen molar-refractivity contribution in [2.75, 3.05) is 0 Å². The molecule has 122 valence electrons. The van der Waals surface area contributed by atoms with Crippen LogP contribution < -0.4 is 5.73 Å². The summed E-state index contributed by atoms with van der Waals surface area (Å²) in [5, 5.41) is 16.0. The van der Waals surface area contributed by atoms with Crippen LogP contribution in [0.4, 0.5) is 0 Å². The van der Waals surface area contributed by atoms with Gasteiger partial charge in [-0.25, -0.2) is 4.98 Å². The number of nitrogens with two attached hydrogens (primary N) is 1. The molecule has 0 aliphatic carbocycles. The van der Waals surface area contributed by atoms with Crippen LogP contribution in [0.2, 0.25) is 0 Å². The zero-order chi connectivity index (χ0) is 16.9. The van der Waals surface area contributed by atoms with Crippen molar-refractivity contribution in [2.24, 2.45) is 5.73 Å². The van der Waals surface area contributed by atoms with Crippen molar-refractivity contribution >= 4 is 11.0 Å². The smallest absolute Gasteiger partial charge is 0.129 e. The number of benzene rings is 1. The van der Waals surface area contributed by atoms with Crippen LogP contribution in [0.15, 0.2) is 42.9 Å². The number of nitrogens with one attached hydrogen (secondary N) is 1. The summed E-state index contributed by atoms with van der Waals surface area (Å²) >= 11 is 0. The molecule has 24 heavy (non-hydrogen) atoms. The van der Waals surface area contributed by atoms with Gasteiger partial charge in [-0.1, -0.05) is 0 Å². The van der Waals surface area contributed by atoms with E-state index in [1.54, 1.807) is 6.20 Å². The van der Waals surface area contributed by atoms with Crippen LogP contribution in [0, 0.1) is 11.3 Å². The second-order valence-corrected chi connectivity index (χ2v) is 5.42. The van der Waals surface area contributed by atoms with Crippen molar-refractivity contribution in [3.05, 3.63) is 59.9 Å². The van der Waals surface area contributed by atoms with Gasteiger partial charge in [0, 0.05) is 25.1 Å². The molecule has 0 atom stereocenters. The average Bonchev–Trinajstić information content (AvgIpc) is 3.21. The van der Waals surface area contributed by atoms with Crippen LogP contribution >= 0.6 is 0 Å². The number of fused-ring (bicyclic) bond motifs is 1. The highest BCUT2D eigenvalue weighted by Gasteiger charge is 2.13. The van der Waals surface area contributed by atoms with Crippen molar-refractivity contribution in [3.63, 3.8) is 0 Å². The number of hydrogen-bond donors (Lipinski definition) is 2. The van der Waals surface area contributed by atoms with Gasteiger partial charge in [-0.2, -0.15) is 10.4 Å². The van der Waals surface area contributed by atoms with Crippen LogP contribution in [0.5, 0.6) is 0 Å². The average molecular weight is 321 g/mol. The van der Waals surface area contributed by atoms with Gasteiger partial charge in [-0.05, 0) is 31.2 Å². The van der Waals surface area contributed by atoms with Gasteiger partial charge in [0.25, 0.3) is 0 Å². The van der Waals surface area contributed by atoms with Gasteiger partial charge in [0.1, 0.15) is 5.82 Å². The predicted octanol–water partition coefficient (Wildman–Crippen LogP) is 2.08. The Bertz CT molecular complexity index is 884. The maximum atomic E-state index is 9.06. The molecule has 0 unspecified atom stereocenters. The maximum absolute atomic E-state index is 9.06. The number of hydrogen-bond acceptors (Lipinski definition) is 5. The fourth-order valence-corrected chi connectivity index (χ4v) is 2.78. The Morgan fingerprint density at radius 2 is 2.25 bits per heavy atom. The van der Waals surface area contributed by atoms with E-state index in [2.05, 4.69) is 32.7 Å². The molecule has 0 amide bonds. The lowest BCUT2D eigenvalue weighted by atomic mass is 10.2. The van der Waals surface area contributed by atoms with Crippen LogP contribution in [0.3, 0.4) is 0 Å². The van der Waals surface area contributed by atoms with Gasteiger partial charge in [-0.15, -0.1) is 0 Å². The van der Waals surface area contributed by atoms with Crippen molar-refractivity contribution < 1.29 is 0 Å². The Morgan fingerprint density at radius 3 is 2.92 bits per heavy atom. The van der Waals surface area contributed by atoms with Crippen LogP contribution in [-0.2, 0) is 19.6 Å². The number of H-pyrrole nitrogens is 1. The van der Waals surface area contributed by atoms with E-state index in [1.807, 2.05) is 30.5 Å². The van der Waals surface area contributed by atoms with Crippen molar-refractivity contribution in [1.82, 2.24) is 24.6 Å². The quantitative estimate of drug-likeness (QED) is 0.724. The molecule has 0 aliphatic rings. The summed E-state index contributed by atoms with van der Waals surface area (Å²) in [5.74, 6) is 0.931. The zero-order valence-corrected chi connectivity index (χ0v) is 13.5. The lowest BCUT2D eigenvalue weighted by molar-refractivity contribution is 0.341. The van der Waals surface area contributed by atoms with Gasteiger partial charge in [0.2, 0.25) is 0 Å². The molecule has 0 radical (unpaired) electrons. The number of aromatic nitrogens is 4. The van der Waals surface area contributed by atoms with Gasteiger partial charge < -0.3 is 15.2 Å². The third kappa shape index (κ3) is 3.08. The molecule has 7 nitrogen and oxygen atoms in total. The Labute approximate surface area is 140 Å². The molecule has 0 aliphatic heterocycles. The number of aromatic amines is 1. The van der Waals surface area contributed by atoms with Crippen LogP contribution in [-0.4, -0.2) is 24.6 Å². The number of aryl methyl sites for hydroxylation is 1. The largest absolute Gasteiger partial charge is 0.403 e. The monoisotopic (exact) mass is 321 g/mol. The summed E-state index contributed by atoms with van der Waals surface area (Å²) in [5.41, 5.74) is 9.07. The minimum absolute atomic E-state index is 0.608. The van der Waals surface area contributed by atoms with Crippen molar-refractivity contribution in [1.29, 1.82) is 5.26 Å². The summed E-state index contributed by atoms with van der Waals surface area (Å²) in [6.07, 6.45) is 5.08. The summed E-state index contributed by atoms with van der Waals surface area (Å²) < 4.78 is 2.15. The standard InChI is InChI=1S/C17H19N7/c1-2-24-16-4-3-13(10-19)9-15(16)21-17(24)12-23(8-6-18)11-14-5-7-20-22-14/h3-9H,2,11-12,18H2,1H3,(H,20,22)/b8-6-. The fraction of sp³-hybridized carbons (Fsp3) is 0.235. The third-order valence-electron chi connectivity index (χ3n) is 3.85. The van der Waals surface area contributed by atoms with E-state index in [-0.39, 0.29) is 0 Å². The minimum atomic E-state index is 0.608. The van der Waals surface area contributed by atoms with E-state index in [1.165, 1.54) is 6.20 Å². The van der Waals surface area contributed by atoms with E-state index >= 15 is 0 Å². The van der Waals surface area contributed by atoms with Gasteiger partial charge in [-0.3, -0.25) is 5.10 Å². The van der Waals surface area contributed by atoms with E-state index < -0.39 is 0 Å². The van der Waals surface area contributed by atoms with Crippen LogP contribution in [0.25, 0.3) is 11.0 Å². The van der Waals surface area contributed by atoms with Gasteiger partial charge in [0.05, 0.1) is 41.4 Å². The molecule has 2 aromatic heterocycles. The molecule has 1 aromatic carbocycles. The highest BCUT2D eigenvalue weighted by Crippen LogP contribution is 2.19. The van der Waals surface area contributed by atoms with E-state index in [9.17, 15) is 0 Å². The maximum Gasteiger partial charge on any atom is 0.129 e. The highest BCUT2D eigenvalue weighted by molar-refractivity contribution is 5.77. The molecule has 0 fully saturated rings. The second-order valence-electron chi connectivity index (χ2n) is 5.42. The topological polar surface area (TPSA) is 99.5 Å². The summed E-state index contributed by atoms with van der Waals surface area (Å²) in [6, 6.07) is 9.68. The number of imidazole rings is 1. The Hall–Kier alpha value is -3.27. The van der Waals surface area contributed by atoms with E-state index in [4.69, 9.17) is 16.0 Å². The molecule has 7 heteroatoms. The normalized spacial score (nSPS) is 11.2. The molecule has 0 bridgehead atoms. The molecule has 0 saturated carbocycles. The molecule has 0 saturated heterocycles. The van der Waals surface area contributed by atoms with E-state index in [0.29, 0.717) is 18.7 Å². The van der Waals surface area contributed by atoms with Crippen molar-refractivity contribution in [3.8, 4) is 6.07 Å². The molecular formula is C17H19N7. The van der Waals surface area contributed by atoms with Gasteiger partial charge in [0.15, 0.2) is 0 Å². The first-order valence-corrected chi connectivity index (χ1v) is 7.75. The molecule has 3 aromatic rings. The molecule has 2 heterocycles. The fourth-order valence-electron chi connectivity index (χ4n) is 2.78. The summed E-state index contributed by atoms with van der Waals surface area (Å²) in [4.78, 5) is 6.77. The Morgan fingerprint density at radius 1 is 1.38 bits per heavy atom. The second kappa shape index (κ2) is 6.87. The Balaban J connectivity index is 1.93. The molecule has 0 spiro atoms. The lowest BCUT2D eigenvalue weighted by Gasteiger charge is -2.19. The Kier molecular flexibility index (Phi) is 4.47. The van der Waals surface area contributed by atoms with Crippen LogP contribution in [0.1, 0.15) is 24.0 Å². The number of nitriles is 1. The SMILES string of the molecule is CCn1c(CN(/C=C\N)Cc2ccn[nH]2)nc2cc(C#N)ccc21. The first-order chi connectivity index (χ1) is 11.7. The van der Waals surface area contributed by atoms with Gasteiger partial charge >= 0.3 is 0 Å². The molecule has 3 N–H and O–H groups in total. The molecule has 3 rings (SSSR count).